The summed E-state index contributed by atoms with van der Waals surface area (Å²) in [5.41, 5.74) is 3.90. The quantitative estimate of drug-likeness (QED) is 0.127. The summed E-state index contributed by atoms with van der Waals surface area (Å²) in [6.45, 7) is 8.03. The molecule has 0 spiro atoms. The van der Waals surface area contributed by atoms with Gasteiger partial charge < -0.3 is 24.1 Å². The number of nitrogens with zero attached hydrogens (tertiary/aromatic N) is 7. The van der Waals surface area contributed by atoms with Gasteiger partial charge in [0.05, 0.1) is 61.1 Å². The Morgan fingerprint density at radius 3 is 2.42 bits per heavy atom. The summed E-state index contributed by atoms with van der Waals surface area (Å²) in [4.78, 5) is 42.4. The van der Waals surface area contributed by atoms with E-state index in [9.17, 15) is 23.5 Å². The first-order valence-electron chi connectivity index (χ1n) is 18.9. The molecule has 1 N–H and O–H groups in total. The molecule has 1 saturated heterocycles. The van der Waals surface area contributed by atoms with Gasteiger partial charge in [-0.2, -0.15) is 5.10 Å². The number of fused-ring (bicyclic) bond motifs is 2. The Labute approximate surface area is 339 Å². The second-order valence-corrected chi connectivity index (χ2v) is 15.3. The monoisotopic (exact) mass is 809 g/mol. The number of carbonyl (C=O) groups excluding carboxylic acids is 2. The highest BCUT2D eigenvalue weighted by Gasteiger charge is 2.32. The number of hydrogen-bond donors (Lipinski definition) is 1. The van der Waals surface area contributed by atoms with Crippen LogP contribution in [0.4, 0.5) is 25.1 Å². The van der Waals surface area contributed by atoms with E-state index in [2.05, 4.69) is 15.0 Å². The lowest BCUT2D eigenvalue weighted by atomic mass is 9.96. The third kappa shape index (κ3) is 8.15. The molecule has 4 heterocycles. The van der Waals surface area contributed by atoms with Crippen LogP contribution in [0.5, 0.6) is 11.5 Å². The van der Waals surface area contributed by atoms with E-state index in [1.54, 1.807) is 68.2 Å². The first kappa shape index (κ1) is 41.1. The Balaban J connectivity index is 1.36. The number of anilines is 2. The molecule has 7 rings (SSSR count). The summed E-state index contributed by atoms with van der Waals surface area (Å²) in [5, 5.41) is 16.0. The Morgan fingerprint density at radius 2 is 1.76 bits per heavy atom. The van der Waals surface area contributed by atoms with Gasteiger partial charge >= 0.3 is 6.09 Å². The minimum absolute atomic E-state index is 0.109. The molecule has 0 unspecified atom stereocenters. The number of likely N-dealkylation sites (N-methyl/N-ethyl adjacent to an activating group) is 1. The Kier molecular flexibility index (Phi) is 11.6. The van der Waals surface area contributed by atoms with Crippen molar-refractivity contribution in [1.82, 2.24) is 29.6 Å². The molecule has 2 atom stereocenters. The number of aldehydes is 1. The van der Waals surface area contributed by atoms with Crippen LogP contribution in [-0.2, 0) is 16.0 Å². The lowest BCUT2D eigenvalue weighted by Crippen LogP contribution is -2.46. The zero-order valence-corrected chi connectivity index (χ0v) is 33.8. The summed E-state index contributed by atoms with van der Waals surface area (Å²) >= 11 is 0. The third-order valence-electron chi connectivity index (χ3n) is 10.2. The lowest BCUT2D eigenvalue weighted by molar-refractivity contribution is -0.0605. The molecule has 0 saturated carbocycles. The summed E-state index contributed by atoms with van der Waals surface area (Å²) in [6, 6.07) is 15.9. The molecule has 1 amide bonds. The summed E-state index contributed by atoms with van der Waals surface area (Å²) in [5.74, 6) is -0.319. The zero-order chi connectivity index (χ0) is 42.2. The van der Waals surface area contributed by atoms with Crippen molar-refractivity contribution in [1.29, 1.82) is 0 Å². The number of aliphatic hydroxyl groups is 1. The van der Waals surface area contributed by atoms with Gasteiger partial charge in [-0.1, -0.05) is 24.3 Å². The van der Waals surface area contributed by atoms with E-state index in [1.165, 1.54) is 19.1 Å². The van der Waals surface area contributed by atoms with Crippen molar-refractivity contribution in [3.8, 4) is 28.3 Å². The molecule has 3 aromatic heterocycles. The molecule has 6 aromatic rings. The molecule has 14 nitrogen and oxygen atoms in total. The number of ether oxygens (including phenoxy) is 4. The highest BCUT2D eigenvalue weighted by Crippen LogP contribution is 2.41. The molecule has 1 fully saturated rings. The second-order valence-electron chi connectivity index (χ2n) is 15.3. The SMILES string of the molecule is COc1cc(-n2ncc3c(-c4cccc(N(C(=O)OC(C)(C)C)c5nc(C(F)F)nc6cc(CN(C)[C@@H]7CCOC[C@@H]7O)cnc56)c4C)cccc32)cc(OC)c1C=O. The highest BCUT2D eigenvalue weighted by atomic mass is 19.3. The van der Waals surface area contributed by atoms with E-state index in [-0.39, 0.29) is 35.1 Å². The first-order chi connectivity index (χ1) is 28.2. The van der Waals surface area contributed by atoms with Crippen LogP contribution >= 0.6 is 0 Å². The molecule has 59 heavy (non-hydrogen) atoms. The van der Waals surface area contributed by atoms with Gasteiger partial charge in [-0.3, -0.25) is 14.7 Å². The molecule has 0 bridgehead atoms. The van der Waals surface area contributed by atoms with Gasteiger partial charge in [-0.15, -0.1) is 0 Å². The number of carbonyl (C=O) groups is 2. The topological polar surface area (TPSA) is 154 Å². The number of pyridine rings is 1. The van der Waals surface area contributed by atoms with Gasteiger partial charge in [-0.25, -0.2) is 33.1 Å². The fraction of sp³-hybridized carbons (Fsp3) is 0.349. The molecular weight excluding hydrogens is 765 g/mol. The lowest BCUT2D eigenvalue weighted by Gasteiger charge is -2.35. The molecular formula is C43H45F2N7O7. The molecule has 3 aromatic carbocycles. The second kappa shape index (κ2) is 16.6. The molecule has 308 valence electrons. The Morgan fingerprint density at radius 1 is 1.05 bits per heavy atom. The molecule has 1 aliphatic heterocycles. The number of methoxy groups -OCH3 is 2. The number of aliphatic hydroxyl groups excluding tert-OH is 1. The summed E-state index contributed by atoms with van der Waals surface area (Å²) < 4.78 is 53.2. The largest absolute Gasteiger partial charge is 0.496 e. The van der Waals surface area contributed by atoms with Crippen LogP contribution in [0.1, 0.15) is 60.9 Å². The molecule has 1 aliphatic rings. The number of rotatable bonds is 11. The van der Waals surface area contributed by atoms with Crippen LogP contribution < -0.4 is 14.4 Å². The van der Waals surface area contributed by atoms with E-state index in [4.69, 9.17) is 24.0 Å². The highest BCUT2D eigenvalue weighted by molar-refractivity contribution is 6.05. The number of hydrogen-bond acceptors (Lipinski definition) is 12. The maximum atomic E-state index is 14.6. The normalized spacial score (nSPS) is 15.9. The number of aromatic nitrogens is 5. The number of alkyl halides is 2. The molecule has 16 heteroatoms. The van der Waals surface area contributed by atoms with Crippen molar-refractivity contribution >= 4 is 45.8 Å². The Hall–Kier alpha value is -6.10. The van der Waals surface area contributed by atoms with Crippen LogP contribution in [0.3, 0.4) is 0 Å². The minimum Gasteiger partial charge on any atom is -0.496 e. The van der Waals surface area contributed by atoms with Crippen LogP contribution in [0, 0.1) is 6.92 Å². The zero-order valence-electron chi connectivity index (χ0n) is 33.8. The van der Waals surface area contributed by atoms with Crippen LogP contribution in [0.2, 0.25) is 0 Å². The smallest absolute Gasteiger partial charge is 0.420 e. The number of amides is 1. The van der Waals surface area contributed by atoms with Gasteiger partial charge in [0.2, 0.25) is 0 Å². The van der Waals surface area contributed by atoms with Crippen LogP contribution in [0.25, 0.3) is 38.8 Å². The average molecular weight is 810 g/mol. The predicted octanol–water partition coefficient (Wildman–Crippen LogP) is 7.76. The Bertz CT molecular complexity index is 2520. The van der Waals surface area contributed by atoms with Crippen molar-refractivity contribution in [3.63, 3.8) is 0 Å². The van der Waals surface area contributed by atoms with Gasteiger partial charge in [0.15, 0.2) is 17.9 Å². The number of benzene rings is 3. The van der Waals surface area contributed by atoms with Crippen molar-refractivity contribution in [2.75, 3.05) is 39.4 Å². The van der Waals surface area contributed by atoms with Gasteiger partial charge in [-0.05, 0) is 81.6 Å². The van der Waals surface area contributed by atoms with Crippen LogP contribution in [-0.4, -0.2) is 99.3 Å². The fourth-order valence-electron chi connectivity index (χ4n) is 7.45. The molecule has 0 radical (unpaired) electrons. The van der Waals surface area contributed by atoms with Crippen LogP contribution in [0.15, 0.2) is 67.0 Å². The van der Waals surface area contributed by atoms with E-state index in [1.807, 2.05) is 43.1 Å². The van der Waals surface area contributed by atoms with Gasteiger partial charge in [0.25, 0.3) is 6.43 Å². The van der Waals surface area contributed by atoms with Crippen molar-refractivity contribution in [3.05, 3.63) is 89.5 Å². The van der Waals surface area contributed by atoms with Crippen molar-refractivity contribution < 1.29 is 42.4 Å². The van der Waals surface area contributed by atoms with Crippen molar-refractivity contribution in [2.24, 2.45) is 0 Å². The van der Waals surface area contributed by atoms with Gasteiger partial charge in [0, 0.05) is 42.9 Å². The summed E-state index contributed by atoms with van der Waals surface area (Å²) in [7, 11) is 4.80. The minimum atomic E-state index is -3.07. The average Bonchev–Trinajstić information content (AvgIpc) is 3.65. The van der Waals surface area contributed by atoms with Gasteiger partial charge in [0.1, 0.15) is 22.6 Å². The first-order valence-corrected chi connectivity index (χ1v) is 18.9. The van der Waals surface area contributed by atoms with E-state index in [0.29, 0.717) is 65.4 Å². The maximum absolute atomic E-state index is 14.6. The van der Waals surface area contributed by atoms with Crippen molar-refractivity contribution in [2.45, 2.75) is 64.8 Å². The third-order valence-corrected chi connectivity index (χ3v) is 10.2. The number of halogens is 2. The maximum Gasteiger partial charge on any atom is 0.420 e. The predicted molar refractivity (Wildman–Crippen MR) is 217 cm³/mol. The standard InChI is InChI=1S/C43H45F2N7O7/c1-24-27(28-11-9-13-33-29(28)20-47-52(33)26-17-36(56-6)30(22-53)37(18-26)57-7)10-8-12-32(24)51(42(55)59-43(2,3)4)41-38-31(48-40(49-41)39(44)45)16-25(19-46-38)21-50(5)34-14-15-58-23-35(34)54/h8-13,16-20,22,34-35,39,54H,14-15,21,23H2,1-7H3/t34-,35+/m1/s1. The van der Waals surface area contributed by atoms with E-state index >= 15 is 0 Å². The van der Waals surface area contributed by atoms with E-state index < -0.39 is 30.0 Å². The fourth-order valence-corrected chi connectivity index (χ4v) is 7.45. The van der Waals surface area contributed by atoms with E-state index in [0.717, 1.165) is 16.5 Å². The summed E-state index contributed by atoms with van der Waals surface area (Å²) in [6.07, 6.45) is -0.00933. The molecule has 0 aliphatic carbocycles.